The van der Waals surface area contributed by atoms with Crippen LogP contribution in [0.3, 0.4) is 0 Å². The molecule has 0 aromatic carbocycles. The Morgan fingerprint density at radius 2 is 1.88 bits per heavy atom. The summed E-state index contributed by atoms with van der Waals surface area (Å²) in [6.07, 6.45) is 6.73. The van der Waals surface area contributed by atoms with Crippen molar-refractivity contribution >= 4 is 0 Å². The van der Waals surface area contributed by atoms with Crippen LogP contribution >= 0.6 is 0 Å². The SMILES string of the molecule is CCCNCC(C)(CCC)CN(CC)C1CC1. The van der Waals surface area contributed by atoms with Crippen molar-refractivity contribution in [3.8, 4) is 0 Å². The molecule has 1 unspecified atom stereocenters. The zero-order valence-electron chi connectivity index (χ0n) is 12.4. The highest BCUT2D eigenvalue weighted by Crippen LogP contribution is 2.31. The molecule has 0 amide bonds. The fourth-order valence-corrected chi connectivity index (χ4v) is 2.82. The van der Waals surface area contributed by atoms with Crippen LogP contribution in [0.25, 0.3) is 0 Å². The van der Waals surface area contributed by atoms with Crippen LogP contribution in [0.15, 0.2) is 0 Å². The molecule has 1 N–H and O–H groups in total. The first kappa shape index (κ1) is 15.0. The average Bonchev–Trinajstić information content (AvgIpc) is 3.11. The molecule has 0 aromatic heterocycles. The third kappa shape index (κ3) is 5.39. The highest BCUT2D eigenvalue weighted by atomic mass is 15.2. The standard InChI is InChI=1S/C15H32N2/c1-5-10-15(4,12-16-11-6-2)13-17(7-3)14-8-9-14/h14,16H,5-13H2,1-4H3. The molecule has 0 aliphatic heterocycles. The topological polar surface area (TPSA) is 15.3 Å². The number of hydrogen-bond acceptors (Lipinski definition) is 2. The molecule has 0 bridgehead atoms. The van der Waals surface area contributed by atoms with E-state index >= 15 is 0 Å². The van der Waals surface area contributed by atoms with Crippen molar-refractivity contribution in [3.05, 3.63) is 0 Å². The van der Waals surface area contributed by atoms with E-state index in [0.29, 0.717) is 5.41 Å². The molecule has 1 aliphatic carbocycles. The van der Waals surface area contributed by atoms with E-state index in [0.717, 1.165) is 12.6 Å². The molecular formula is C15H32N2. The van der Waals surface area contributed by atoms with Crippen molar-refractivity contribution in [3.63, 3.8) is 0 Å². The summed E-state index contributed by atoms with van der Waals surface area (Å²) in [6.45, 7) is 14.2. The summed E-state index contributed by atoms with van der Waals surface area (Å²) in [5, 5.41) is 3.62. The second kappa shape index (κ2) is 7.38. The molecule has 2 nitrogen and oxygen atoms in total. The van der Waals surface area contributed by atoms with Crippen LogP contribution in [0.4, 0.5) is 0 Å². The van der Waals surface area contributed by atoms with Gasteiger partial charge in [0.1, 0.15) is 0 Å². The van der Waals surface area contributed by atoms with Crippen LogP contribution < -0.4 is 5.32 Å². The minimum Gasteiger partial charge on any atom is -0.316 e. The Hall–Kier alpha value is -0.0800. The Morgan fingerprint density at radius 3 is 2.35 bits per heavy atom. The van der Waals surface area contributed by atoms with Crippen LogP contribution in [0, 0.1) is 5.41 Å². The van der Waals surface area contributed by atoms with Gasteiger partial charge in [0, 0.05) is 19.1 Å². The minimum atomic E-state index is 0.461. The van der Waals surface area contributed by atoms with Crippen LogP contribution in [-0.2, 0) is 0 Å². The molecule has 102 valence electrons. The van der Waals surface area contributed by atoms with Crippen molar-refractivity contribution in [1.82, 2.24) is 10.2 Å². The first-order chi connectivity index (χ1) is 8.15. The van der Waals surface area contributed by atoms with Gasteiger partial charge in [-0.1, -0.05) is 34.1 Å². The summed E-state index contributed by atoms with van der Waals surface area (Å²) in [6, 6.07) is 0.905. The third-order valence-electron chi connectivity index (χ3n) is 3.89. The first-order valence-electron chi connectivity index (χ1n) is 7.60. The quantitative estimate of drug-likeness (QED) is 0.590. The molecule has 1 saturated carbocycles. The van der Waals surface area contributed by atoms with Gasteiger partial charge in [-0.15, -0.1) is 0 Å². The summed E-state index contributed by atoms with van der Waals surface area (Å²) in [7, 11) is 0. The van der Waals surface area contributed by atoms with E-state index in [1.54, 1.807) is 0 Å². The van der Waals surface area contributed by atoms with Crippen molar-refractivity contribution in [2.75, 3.05) is 26.2 Å². The van der Waals surface area contributed by atoms with Gasteiger partial charge in [-0.3, -0.25) is 0 Å². The number of hydrogen-bond donors (Lipinski definition) is 1. The normalized spacial score (nSPS) is 19.6. The monoisotopic (exact) mass is 240 g/mol. The Bertz CT molecular complexity index is 201. The lowest BCUT2D eigenvalue weighted by Gasteiger charge is -2.35. The molecule has 0 radical (unpaired) electrons. The van der Waals surface area contributed by atoms with E-state index in [-0.39, 0.29) is 0 Å². The van der Waals surface area contributed by atoms with Crippen LogP contribution in [0.1, 0.15) is 59.8 Å². The second-order valence-corrected chi connectivity index (χ2v) is 6.03. The van der Waals surface area contributed by atoms with E-state index in [1.807, 2.05) is 0 Å². The molecule has 0 saturated heterocycles. The summed E-state index contributed by atoms with van der Waals surface area (Å²) in [4.78, 5) is 2.70. The third-order valence-corrected chi connectivity index (χ3v) is 3.89. The van der Waals surface area contributed by atoms with Gasteiger partial charge in [-0.25, -0.2) is 0 Å². The lowest BCUT2D eigenvalue weighted by Crippen LogP contribution is -2.43. The van der Waals surface area contributed by atoms with Crippen LogP contribution in [0.2, 0.25) is 0 Å². The summed E-state index contributed by atoms with van der Waals surface area (Å²) >= 11 is 0. The van der Waals surface area contributed by atoms with Crippen molar-refractivity contribution < 1.29 is 0 Å². The van der Waals surface area contributed by atoms with E-state index in [9.17, 15) is 0 Å². The molecule has 17 heavy (non-hydrogen) atoms. The Kier molecular flexibility index (Phi) is 6.50. The molecule has 1 rings (SSSR count). The fourth-order valence-electron chi connectivity index (χ4n) is 2.82. The molecular weight excluding hydrogens is 208 g/mol. The van der Waals surface area contributed by atoms with E-state index in [4.69, 9.17) is 0 Å². The van der Waals surface area contributed by atoms with E-state index in [2.05, 4.69) is 37.9 Å². The fraction of sp³-hybridized carbons (Fsp3) is 1.00. The average molecular weight is 240 g/mol. The maximum Gasteiger partial charge on any atom is 0.00965 e. The zero-order valence-corrected chi connectivity index (χ0v) is 12.4. The summed E-state index contributed by atoms with van der Waals surface area (Å²) in [5.74, 6) is 0. The Labute approximate surface area is 108 Å². The van der Waals surface area contributed by atoms with Crippen LogP contribution in [0.5, 0.6) is 0 Å². The summed E-state index contributed by atoms with van der Waals surface area (Å²) < 4.78 is 0. The lowest BCUT2D eigenvalue weighted by molar-refractivity contribution is 0.148. The van der Waals surface area contributed by atoms with Crippen LogP contribution in [-0.4, -0.2) is 37.1 Å². The number of nitrogens with zero attached hydrogens (tertiary/aromatic N) is 1. The van der Waals surface area contributed by atoms with Crippen molar-refractivity contribution in [1.29, 1.82) is 0 Å². The molecule has 1 atom stereocenters. The largest absolute Gasteiger partial charge is 0.316 e. The maximum atomic E-state index is 3.62. The lowest BCUT2D eigenvalue weighted by atomic mass is 9.84. The molecule has 0 heterocycles. The van der Waals surface area contributed by atoms with Gasteiger partial charge in [-0.2, -0.15) is 0 Å². The molecule has 1 fully saturated rings. The van der Waals surface area contributed by atoms with Crippen molar-refractivity contribution in [2.45, 2.75) is 65.8 Å². The van der Waals surface area contributed by atoms with Gasteiger partial charge < -0.3 is 10.2 Å². The molecule has 2 heteroatoms. The van der Waals surface area contributed by atoms with Gasteiger partial charge in [0.2, 0.25) is 0 Å². The smallest absolute Gasteiger partial charge is 0.00965 e. The predicted molar refractivity (Wildman–Crippen MR) is 76.4 cm³/mol. The van der Waals surface area contributed by atoms with Gasteiger partial charge in [0.05, 0.1) is 0 Å². The summed E-state index contributed by atoms with van der Waals surface area (Å²) in [5.41, 5.74) is 0.461. The predicted octanol–water partition coefficient (Wildman–Crippen LogP) is 3.28. The first-order valence-corrected chi connectivity index (χ1v) is 7.60. The molecule has 0 spiro atoms. The number of nitrogens with one attached hydrogen (secondary N) is 1. The highest BCUT2D eigenvalue weighted by Gasteiger charge is 2.33. The maximum absolute atomic E-state index is 3.62. The van der Waals surface area contributed by atoms with Gasteiger partial charge >= 0.3 is 0 Å². The minimum absolute atomic E-state index is 0.461. The highest BCUT2D eigenvalue weighted by molar-refractivity contribution is 4.89. The molecule has 0 aromatic rings. The van der Waals surface area contributed by atoms with E-state index in [1.165, 1.54) is 51.7 Å². The van der Waals surface area contributed by atoms with E-state index < -0.39 is 0 Å². The molecule has 1 aliphatic rings. The van der Waals surface area contributed by atoms with Gasteiger partial charge in [-0.05, 0) is 44.2 Å². The Balaban J connectivity index is 2.43. The van der Waals surface area contributed by atoms with Crippen molar-refractivity contribution in [2.24, 2.45) is 5.41 Å². The Morgan fingerprint density at radius 1 is 1.18 bits per heavy atom. The van der Waals surface area contributed by atoms with Gasteiger partial charge in [0.15, 0.2) is 0 Å². The number of rotatable bonds is 10. The second-order valence-electron chi connectivity index (χ2n) is 6.03. The van der Waals surface area contributed by atoms with Gasteiger partial charge in [0.25, 0.3) is 0 Å². The zero-order chi connectivity index (χ0) is 12.7.